The molecule has 0 heterocycles. The van der Waals surface area contributed by atoms with Gasteiger partial charge in [-0.25, -0.2) is 4.79 Å². The van der Waals surface area contributed by atoms with Gasteiger partial charge in [0.2, 0.25) is 0 Å². The van der Waals surface area contributed by atoms with Crippen LogP contribution in [0.25, 0.3) is 6.08 Å². The molecule has 0 aliphatic carbocycles. The van der Waals surface area contributed by atoms with Gasteiger partial charge in [0.1, 0.15) is 12.4 Å². The van der Waals surface area contributed by atoms with Gasteiger partial charge < -0.3 is 14.2 Å². The summed E-state index contributed by atoms with van der Waals surface area (Å²) in [5.74, 6) is 0.580. The molecule has 0 fully saturated rings. The first kappa shape index (κ1) is 26.7. The maximum absolute atomic E-state index is 11.8. The summed E-state index contributed by atoms with van der Waals surface area (Å²) in [5.41, 5.74) is 3.82. The molecule has 5 nitrogen and oxygen atoms in total. The van der Waals surface area contributed by atoms with Crippen LogP contribution in [0.1, 0.15) is 52.7 Å². The van der Waals surface area contributed by atoms with Crippen LogP contribution in [0.5, 0.6) is 5.75 Å². The number of carbonyl (C=O) groups is 2. The van der Waals surface area contributed by atoms with E-state index in [1.54, 1.807) is 12.1 Å². The van der Waals surface area contributed by atoms with Gasteiger partial charge in [-0.3, -0.25) is 4.79 Å². The molecule has 3 aromatic rings. The summed E-state index contributed by atoms with van der Waals surface area (Å²) in [6.07, 6.45) is 8.22. The topological polar surface area (TPSA) is 61.8 Å². The maximum Gasteiger partial charge on any atom is 0.337 e. The predicted octanol–water partition coefficient (Wildman–Crippen LogP) is 6.66. The van der Waals surface area contributed by atoms with Gasteiger partial charge in [-0.2, -0.15) is 0 Å². The second-order valence-electron chi connectivity index (χ2n) is 8.65. The lowest BCUT2D eigenvalue weighted by Crippen LogP contribution is -2.05. The normalized spacial score (nSPS) is 11.7. The van der Waals surface area contributed by atoms with Crippen molar-refractivity contribution in [2.24, 2.45) is 5.92 Å². The van der Waals surface area contributed by atoms with Gasteiger partial charge in [-0.05, 0) is 54.5 Å². The second-order valence-corrected chi connectivity index (χ2v) is 8.65. The van der Waals surface area contributed by atoms with Crippen LogP contribution in [0, 0.1) is 5.92 Å². The smallest absolute Gasteiger partial charge is 0.337 e. The monoisotopic (exact) mass is 486 g/mol. The molecule has 0 bridgehead atoms. The number of rotatable bonds is 13. The number of hydrogen-bond acceptors (Lipinski definition) is 5. The lowest BCUT2D eigenvalue weighted by molar-refractivity contribution is -0.140. The first-order valence-electron chi connectivity index (χ1n) is 12.3. The first-order chi connectivity index (χ1) is 17.6. The van der Waals surface area contributed by atoms with Crippen molar-refractivity contribution in [3.05, 3.63) is 107 Å². The van der Waals surface area contributed by atoms with Gasteiger partial charge in [-0.1, -0.05) is 79.2 Å². The van der Waals surface area contributed by atoms with Crippen LogP contribution in [0.4, 0.5) is 0 Å². The largest absolute Gasteiger partial charge is 0.488 e. The highest BCUT2D eigenvalue weighted by Gasteiger charge is 2.11. The van der Waals surface area contributed by atoms with E-state index in [1.807, 2.05) is 60.7 Å². The maximum atomic E-state index is 11.8. The van der Waals surface area contributed by atoms with Gasteiger partial charge in [0.05, 0.1) is 19.8 Å². The fraction of sp³-hybridized carbons (Fsp3) is 0.290. The SMILES string of the molecule is COC(=O)CCCCC(/C=C/c1ccccc1OCc1ccccc1)Cc1ccc(C(=O)OC)cc1. The van der Waals surface area contributed by atoms with Crippen molar-refractivity contribution in [1.29, 1.82) is 0 Å². The van der Waals surface area contributed by atoms with E-state index in [0.717, 1.165) is 48.1 Å². The number of esters is 2. The Labute approximate surface area is 213 Å². The second kappa shape index (κ2) is 14.5. The van der Waals surface area contributed by atoms with E-state index in [1.165, 1.54) is 14.2 Å². The van der Waals surface area contributed by atoms with E-state index in [4.69, 9.17) is 14.2 Å². The molecule has 0 radical (unpaired) electrons. The van der Waals surface area contributed by atoms with Gasteiger partial charge >= 0.3 is 11.9 Å². The number of hydrogen-bond donors (Lipinski definition) is 0. The molecule has 5 heteroatoms. The van der Waals surface area contributed by atoms with E-state index in [0.29, 0.717) is 18.6 Å². The highest BCUT2D eigenvalue weighted by molar-refractivity contribution is 5.89. The van der Waals surface area contributed by atoms with Crippen molar-refractivity contribution in [2.45, 2.75) is 38.7 Å². The number of benzene rings is 3. The Kier molecular flexibility index (Phi) is 10.8. The molecular formula is C31H34O5. The number of para-hydroxylation sites is 1. The van der Waals surface area contributed by atoms with E-state index >= 15 is 0 Å². The van der Waals surface area contributed by atoms with Crippen LogP contribution in [0.15, 0.2) is 84.9 Å². The summed E-state index contributed by atoms with van der Waals surface area (Å²) in [6, 6.07) is 25.7. The van der Waals surface area contributed by atoms with Crippen LogP contribution in [0.2, 0.25) is 0 Å². The summed E-state index contributed by atoms with van der Waals surface area (Å²) in [5, 5.41) is 0. The number of unbranched alkanes of at least 4 members (excludes halogenated alkanes) is 1. The molecule has 0 saturated carbocycles. The Hall–Kier alpha value is -3.86. The van der Waals surface area contributed by atoms with Crippen molar-refractivity contribution in [1.82, 2.24) is 0 Å². The first-order valence-corrected chi connectivity index (χ1v) is 12.3. The summed E-state index contributed by atoms with van der Waals surface area (Å²) in [6.45, 7) is 0.509. The van der Waals surface area contributed by atoms with Crippen LogP contribution in [-0.4, -0.2) is 26.2 Å². The molecule has 0 amide bonds. The minimum atomic E-state index is -0.340. The van der Waals surface area contributed by atoms with Crippen LogP contribution in [0.3, 0.4) is 0 Å². The molecule has 0 aromatic heterocycles. The minimum Gasteiger partial charge on any atom is -0.488 e. The van der Waals surface area contributed by atoms with Crippen LogP contribution < -0.4 is 4.74 Å². The molecule has 1 unspecified atom stereocenters. The zero-order chi connectivity index (χ0) is 25.6. The highest BCUT2D eigenvalue weighted by atomic mass is 16.5. The van der Waals surface area contributed by atoms with Gasteiger partial charge in [-0.15, -0.1) is 0 Å². The van der Waals surface area contributed by atoms with Crippen molar-refractivity contribution >= 4 is 18.0 Å². The highest BCUT2D eigenvalue weighted by Crippen LogP contribution is 2.24. The minimum absolute atomic E-state index is 0.176. The fourth-order valence-electron chi connectivity index (χ4n) is 3.97. The molecule has 0 aliphatic rings. The number of carbonyl (C=O) groups excluding carboxylic acids is 2. The Morgan fingerprint density at radius 1 is 0.806 bits per heavy atom. The van der Waals surface area contributed by atoms with E-state index in [9.17, 15) is 9.59 Å². The number of ether oxygens (including phenoxy) is 3. The third-order valence-corrected chi connectivity index (χ3v) is 6.01. The Bertz CT molecular complexity index is 1120. The number of allylic oxidation sites excluding steroid dienone is 1. The molecule has 0 spiro atoms. The van der Waals surface area contributed by atoms with Gasteiger partial charge in [0.25, 0.3) is 0 Å². The number of methoxy groups -OCH3 is 2. The summed E-state index contributed by atoms with van der Waals surface area (Å²) in [4.78, 5) is 23.2. The lowest BCUT2D eigenvalue weighted by Gasteiger charge is -2.14. The molecule has 3 rings (SSSR count). The lowest BCUT2D eigenvalue weighted by atomic mass is 9.92. The van der Waals surface area contributed by atoms with Crippen LogP contribution in [-0.2, 0) is 27.3 Å². The molecule has 0 saturated heterocycles. The van der Waals surface area contributed by atoms with Crippen molar-refractivity contribution < 1.29 is 23.8 Å². The summed E-state index contributed by atoms with van der Waals surface area (Å²) < 4.78 is 15.7. The van der Waals surface area contributed by atoms with Crippen molar-refractivity contribution in [3.8, 4) is 5.75 Å². The van der Waals surface area contributed by atoms with Gasteiger partial charge in [0.15, 0.2) is 0 Å². The summed E-state index contributed by atoms with van der Waals surface area (Å²) in [7, 11) is 2.80. The van der Waals surface area contributed by atoms with Crippen molar-refractivity contribution in [3.63, 3.8) is 0 Å². The zero-order valence-corrected chi connectivity index (χ0v) is 21.0. The Morgan fingerprint density at radius 2 is 1.53 bits per heavy atom. The average Bonchev–Trinajstić information content (AvgIpc) is 2.93. The van der Waals surface area contributed by atoms with Crippen LogP contribution >= 0.6 is 0 Å². The fourth-order valence-corrected chi connectivity index (χ4v) is 3.97. The molecule has 1 atom stereocenters. The molecule has 36 heavy (non-hydrogen) atoms. The zero-order valence-electron chi connectivity index (χ0n) is 21.0. The molecular weight excluding hydrogens is 452 g/mol. The predicted molar refractivity (Wildman–Crippen MR) is 142 cm³/mol. The van der Waals surface area contributed by atoms with Crippen molar-refractivity contribution in [2.75, 3.05) is 14.2 Å². The third-order valence-electron chi connectivity index (χ3n) is 6.01. The summed E-state index contributed by atoms with van der Waals surface area (Å²) >= 11 is 0. The molecule has 3 aromatic carbocycles. The van der Waals surface area contributed by atoms with E-state index in [2.05, 4.69) is 18.2 Å². The third kappa shape index (κ3) is 8.73. The Balaban J connectivity index is 1.70. The van der Waals surface area contributed by atoms with Gasteiger partial charge in [0, 0.05) is 12.0 Å². The quantitative estimate of drug-likeness (QED) is 0.200. The molecule has 188 valence electrons. The van der Waals surface area contributed by atoms with E-state index < -0.39 is 0 Å². The standard InChI is InChI=1S/C31H34O5/c1-34-30(32)15-9-6-10-24(22-25-17-20-28(21-18-25)31(33)35-2)16-19-27-13-7-8-14-29(27)36-23-26-11-4-3-5-12-26/h3-5,7-8,11-14,16-21,24H,6,9-10,15,22-23H2,1-2H3/b19-16+. The van der Waals surface area contributed by atoms with E-state index in [-0.39, 0.29) is 17.9 Å². The molecule has 0 N–H and O–H groups in total. The average molecular weight is 487 g/mol. The Morgan fingerprint density at radius 3 is 2.25 bits per heavy atom. The molecule has 0 aliphatic heterocycles.